The number of hydrogen-bond acceptors (Lipinski definition) is 4. The van der Waals surface area contributed by atoms with Crippen LogP contribution in [0, 0.1) is 0 Å². The Hall–Kier alpha value is -1.59. The van der Waals surface area contributed by atoms with Crippen molar-refractivity contribution >= 4 is 5.91 Å². The van der Waals surface area contributed by atoms with Gasteiger partial charge in [-0.15, -0.1) is 0 Å². The van der Waals surface area contributed by atoms with Gasteiger partial charge in [-0.05, 0) is 25.0 Å². The molecule has 5 nitrogen and oxygen atoms in total. The van der Waals surface area contributed by atoms with Gasteiger partial charge in [0, 0.05) is 13.1 Å². The molecular weight excluding hydrogens is 232 g/mol. The summed E-state index contributed by atoms with van der Waals surface area (Å²) in [4.78, 5) is 21.7. The molecule has 1 aromatic carbocycles. The molecule has 1 aliphatic rings. The summed E-state index contributed by atoms with van der Waals surface area (Å²) in [6.45, 7) is 1.80. The molecule has 0 unspecified atom stereocenters. The van der Waals surface area contributed by atoms with E-state index in [0.29, 0.717) is 11.3 Å². The number of nitrogens with zero attached hydrogens (tertiary/aromatic N) is 1. The number of carbonyl (C=O) groups is 1. The van der Waals surface area contributed by atoms with E-state index in [0.717, 1.165) is 25.9 Å². The lowest BCUT2D eigenvalue weighted by Gasteiger charge is -2.26. The second kappa shape index (κ2) is 6.37. The highest BCUT2D eigenvalue weighted by Crippen LogP contribution is 2.18. The Morgan fingerprint density at radius 2 is 1.94 bits per heavy atom. The maximum atomic E-state index is 12.1. The summed E-state index contributed by atoms with van der Waals surface area (Å²) < 4.78 is 0. The van der Waals surface area contributed by atoms with Crippen LogP contribution in [0.4, 0.5) is 0 Å². The van der Waals surface area contributed by atoms with Gasteiger partial charge in [0.05, 0.1) is 12.7 Å². The molecule has 0 saturated carbocycles. The van der Waals surface area contributed by atoms with E-state index < -0.39 is 0 Å². The number of hydrazine groups is 1. The molecule has 1 N–H and O–H groups in total. The lowest BCUT2D eigenvalue weighted by atomic mass is 10.1. The minimum Gasteiger partial charge on any atom is -0.337 e. The maximum Gasteiger partial charge on any atom is 0.269 e. The van der Waals surface area contributed by atoms with Crippen LogP contribution in [0.15, 0.2) is 24.3 Å². The highest BCUT2D eigenvalue weighted by atomic mass is 17.2. The number of piperidine rings is 1. The van der Waals surface area contributed by atoms with E-state index in [4.69, 9.17) is 4.89 Å². The topological polar surface area (TPSA) is 50.8 Å². The first-order valence-corrected chi connectivity index (χ1v) is 6.17. The molecule has 1 saturated heterocycles. The molecule has 1 fully saturated rings. The average molecular weight is 250 g/mol. The fourth-order valence-corrected chi connectivity index (χ4v) is 2.03. The largest absolute Gasteiger partial charge is 0.337 e. The molecule has 0 bridgehead atoms. The van der Waals surface area contributed by atoms with Crippen molar-refractivity contribution < 1.29 is 14.6 Å². The Morgan fingerprint density at radius 3 is 2.67 bits per heavy atom. The summed E-state index contributed by atoms with van der Waals surface area (Å²) in [5.41, 5.74) is 3.37. The fourth-order valence-electron chi connectivity index (χ4n) is 2.03. The van der Waals surface area contributed by atoms with Crippen molar-refractivity contribution in [3.05, 3.63) is 29.8 Å². The van der Waals surface area contributed by atoms with Crippen LogP contribution in [-0.4, -0.2) is 31.1 Å². The molecule has 2 rings (SSSR count). The lowest BCUT2D eigenvalue weighted by Crippen LogP contribution is -2.45. The van der Waals surface area contributed by atoms with E-state index in [-0.39, 0.29) is 5.91 Å². The molecule has 0 radical (unpaired) electrons. The van der Waals surface area contributed by atoms with Crippen molar-refractivity contribution in [2.45, 2.75) is 19.3 Å². The SMILES string of the molecule is COOc1ccccc1C(=O)NN1CCCCC1. The van der Waals surface area contributed by atoms with Crippen LogP contribution in [0.25, 0.3) is 0 Å². The number of nitrogens with one attached hydrogen (secondary N) is 1. The van der Waals surface area contributed by atoms with E-state index >= 15 is 0 Å². The number of amides is 1. The van der Waals surface area contributed by atoms with Gasteiger partial charge < -0.3 is 4.89 Å². The molecule has 1 aromatic rings. The third kappa shape index (κ3) is 3.21. The predicted octanol–water partition coefficient (Wildman–Crippen LogP) is 1.76. The molecule has 0 spiro atoms. The van der Waals surface area contributed by atoms with Crippen molar-refractivity contribution in [3.8, 4) is 5.75 Å². The highest BCUT2D eigenvalue weighted by Gasteiger charge is 2.17. The summed E-state index contributed by atoms with van der Waals surface area (Å²) in [5.74, 6) is 0.263. The highest BCUT2D eigenvalue weighted by molar-refractivity contribution is 5.96. The first kappa shape index (κ1) is 12.9. The number of rotatable bonds is 4. The normalized spacial score (nSPS) is 16.3. The van der Waals surface area contributed by atoms with E-state index in [9.17, 15) is 4.79 Å². The second-order valence-electron chi connectivity index (χ2n) is 4.23. The molecule has 0 aliphatic carbocycles. The molecule has 1 amide bonds. The van der Waals surface area contributed by atoms with Crippen LogP contribution >= 0.6 is 0 Å². The zero-order chi connectivity index (χ0) is 12.8. The summed E-state index contributed by atoms with van der Waals surface area (Å²) in [6.07, 6.45) is 3.47. The van der Waals surface area contributed by atoms with Crippen LogP contribution < -0.4 is 10.3 Å². The third-order valence-electron chi connectivity index (χ3n) is 2.92. The Kier molecular flexibility index (Phi) is 4.55. The predicted molar refractivity (Wildman–Crippen MR) is 67.0 cm³/mol. The van der Waals surface area contributed by atoms with Gasteiger partial charge in [-0.3, -0.25) is 10.2 Å². The molecule has 98 valence electrons. The minimum absolute atomic E-state index is 0.162. The average Bonchev–Trinajstić information content (AvgIpc) is 2.41. The number of hydrogen-bond donors (Lipinski definition) is 1. The van der Waals surface area contributed by atoms with Gasteiger partial charge in [-0.25, -0.2) is 5.01 Å². The second-order valence-corrected chi connectivity index (χ2v) is 4.23. The van der Waals surface area contributed by atoms with E-state index in [1.165, 1.54) is 13.5 Å². The smallest absolute Gasteiger partial charge is 0.269 e. The van der Waals surface area contributed by atoms with Crippen molar-refractivity contribution in [1.82, 2.24) is 10.4 Å². The van der Waals surface area contributed by atoms with Crippen LogP contribution in [-0.2, 0) is 4.89 Å². The zero-order valence-corrected chi connectivity index (χ0v) is 10.5. The van der Waals surface area contributed by atoms with Crippen molar-refractivity contribution in [2.75, 3.05) is 20.2 Å². The van der Waals surface area contributed by atoms with Gasteiger partial charge in [0.15, 0.2) is 5.75 Å². The van der Waals surface area contributed by atoms with Crippen LogP contribution in [0.2, 0.25) is 0 Å². The number of carbonyl (C=O) groups excluding carboxylic acids is 1. The molecule has 1 aliphatic heterocycles. The molecule has 18 heavy (non-hydrogen) atoms. The Labute approximate surface area is 107 Å². The van der Waals surface area contributed by atoms with Gasteiger partial charge >= 0.3 is 0 Å². The molecule has 0 atom stereocenters. The first-order valence-electron chi connectivity index (χ1n) is 6.17. The van der Waals surface area contributed by atoms with Crippen molar-refractivity contribution in [2.24, 2.45) is 0 Å². The van der Waals surface area contributed by atoms with Gasteiger partial charge in [0.2, 0.25) is 0 Å². The van der Waals surface area contributed by atoms with Gasteiger partial charge in [-0.1, -0.05) is 18.6 Å². The molecular formula is C13H18N2O3. The first-order chi connectivity index (χ1) is 8.81. The quantitative estimate of drug-likeness (QED) is 0.653. The lowest BCUT2D eigenvalue weighted by molar-refractivity contribution is -0.178. The molecule has 5 heteroatoms. The van der Waals surface area contributed by atoms with E-state index in [2.05, 4.69) is 10.3 Å². The Bertz CT molecular complexity index is 403. The van der Waals surface area contributed by atoms with Gasteiger partial charge in [-0.2, -0.15) is 4.89 Å². The summed E-state index contributed by atoms with van der Waals surface area (Å²) in [6, 6.07) is 7.02. The van der Waals surface area contributed by atoms with Crippen molar-refractivity contribution in [3.63, 3.8) is 0 Å². The fraction of sp³-hybridized carbons (Fsp3) is 0.462. The Balaban J connectivity index is 2.03. The van der Waals surface area contributed by atoms with Crippen molar-refractivity contribution in [1.29, 1.82) is 0 Å². The van der Waals surface area contributed by atoms with Gasteiger partial charge in [0.25, 0.3) is 5.91 Å². The van der Waals surface area contributed by atoms with E-state index in [1.807, 2.05) is 5.01 Å². The van der Waals surface area contributed by atoms with Crippen LogP contribution in [0.3, 0.4) is 0 Å². The summed E-state index contributed by atoms with van der Waals surface area (Å²) in [5, 5.41) is 1.95. The molecule has 0 aromatic heterocycles. The van der Waals surface area contributed by atoms with E-state index in [1.54, 1.807) is 24.3 Å². The van der Waals surface area contributed by atoms with Crippen LogP contribution in [0.5, 0.6) is 5.75 Å². The Morgan fingerprint density at radius 1 is 1.22 bits per heavy atom. The van der Waals surface area contributed by atoms with Crippen LogP contribution in [0.1, 0.15) is 29.6 Å². The third-order valence-corrected chi connectivity index (χ3v) is 2.92. The summed E-state index contributed by atoms with van der Waals surface area (Å²) >= 11 is 0. The minimum atomic E-state index is -0.162. The zero-order valence-electron chi connectivity index (χ0n) is 10.5. The standard InChI is InChI=1S/C13H18N2O3/c1-17-18-12-8-4-3-7-11(12)13(16)14-15-9-5-2-6-10-15/h3-4,7-8H,2,5-6,9-10H2,1H3,(H,14,16). The number of benzene rings is 1. The maximum absolute atomic E-state index is 12.1. The monoisotopic (exact) mass is 250 g/mol. The molecule has 1 heterocycles. The van der Waals surface area contributed by atoms with Gasteiger partial charge in [0.1, 0.15) is 0 Å². The summed E-state index contributed by atoms with van der Waals surface area (Å²) in [7, 11) is 1.42. The number of para-hydroxylation sites is 1.